The molecule has 1 aliphatic carbocycles. The van der Waals surface area contributed by atoms with Crippen LogP contribution in [0.4, 0.5) is 0 Å². The van der Waals surface area contributed by atoms with E-state index in [0.717, 1.165) is 17.7 Å². The molecule has 0 fully saturated rings. The maximum Gasteiger partial charge on any atom is 0.355 e. The molecule has 1 aromatic heterocycles. The number of allylic oxidation sites excluding steroid dienone is 1. The Morgan fingerprint density at radius 3 is 2.50 bits per heavy atom. The fourth-order valence-corrected chi connectivity index (χ4v) is 3.82. The Morgan fingerprint density at radius 1 is 1.21 bits per heavy atom. The molecule has 4 nitrogen and oxygen atoms in total. The van der Waals surface area contributed by atoms with Gasteiger partial charge < -0.3 is 9.72 Å². The average Bonchev–Trinajstić information content (AvgIpc) is 2.98. The number of ketones is 1. The zero-order valence-corrected chi connectivity index (χ0v) is 17.4. The summed E-state index contributed by atoms with van der Waals surface area (Å²) in [6.07, 6.45) is 4.80. The molecule has 0 bridgehead atoms. The van der Waals surface area contributed by atoms with E-state index in [1.807, 2.05) is 19.9 Å². The first kappa shape index (κ1) is 20.1. The SMILES string of the molecule is CC=CCOC(=O)c1[nH]c2c(c1C)C(=O)CC(c1ccc(C(C)(C)C)cc1)C2. The molecule has 1 aromatic carbocycles. The standard InChI is InChI=1S/C24H29NO3/c1-6-7-12-28-23(27)22-15(2)21-19(25-22)13-17(14-20(21)26)16-8-10-18(11-9-16)24(3,4)5/h6-11,17,25H,12-14H2,1-5H3. The molecule has 0 amide bonds. The number of nitrogens with one attached hydrogen (secondary N) is 1. The van der Waals surface area contributed by atoms with Crippen LogP contribution in [0.2, 0.25) is 0 Å². The van der Waals surface area contributed by atoms with Crippen molar-refractivity contribution in [3.8, 4) is 0 Å². The molecule has 1 unspecified atom stereocenters. The van der Waals surface area contributed by atoms with Crippen LogP contribution in [0.5, 0.6) is 0 Å². The first-order chi connectivity index (χ1) is 13.2. The third kappa shape index (κ3) is 3.96. The number of carbonyl (C=O) groups excluding carboxylic acids is 2. The summed E-state index contributed by atoms with van der Waals surface area (Å²) in [6, 6.07) is 8.57. The van der Waals surface area contributed by atoms with Gasteiger partial charge in [0.05, 0.1) is 0 Å². The van der Waals surface area contributed by atoms with Crippen molar-refractivity contribution in [1.82, 2.24) is 4.98 Å². The molecule has 1 heterocycles. The van der Waals surface area contributed by atoms with E-state index in [1.165, 1.54) is 5.56 Å². The first-order valence-electron chi connectivity index (χ1n) is 9.85. The van der Waals surface area contributed by atoms with Crippen molar-refractivity contribution in [2.45, 2.75) is 58.8 Å². The summed E-state index contributed by atoms with van der Waals surface area (Å²) >= 11 is 0. The van der Waals surface area contributed by atoms with Gasteiger partial charge in [0.15, 0.2) is 5.78 Å². The van der Waals surface area contributed by atoms with Crippen molar-refractivity contribution >= 4 is 11.8 Å². The Morgan fingerprint density at radius 2 is 1.89 bits per heavy atom. The van der Waals surface area contributed by atoms with E-state index < -0.39 is 5.97 Å². The zero-order chi connectivity index (χ0) is 20.5. The lowest BCUT2D eigenvalue weighted by atomic mass is 9.80. The highest BCUT2D eigenvalue weighted by Crippen LogP contribution is 2.36. The molecular weight excluding hydrogens is 350 g/mol. The van der Waals surface area contributed by atoms with Crippen molar-refractivity contribution in [2.24, 2.45) is 0 Å². The molecule has 148 valence electrons. The monoisotopic (exact) mass is 379 g/mol. The topological polar surface area (TPSA) is 59.2 Å². The van der Waals surface area contributed by atoms with E-state index in [0.29, 0.717) is 23.2 Å². The number of ether oxygens (including phenoxy) is 1. The maximum absolute atomic E-state index is 12.8. The Balaban J connectivity index is 1.84. The van der Waals surface area contributed by atoms with Gasteiger partial charge in [0.2, 0.25) is 0 Å². The van der Waals surface area contributed by atoms with Crippen molar-refractivity contribution < 1.29 is 14.3 Å². The second kappa shape index (κ2) is 7.78. The minimum Gasteiger partial charge on any atom is -0.457 e. The van der Waals surface area contributed by atoms with Crippen LogP contribution in [0, 0.1) is 6.92 Å². The minimum absolute atomic E-state index is 0.0902. The van der Waals surface area contributed by atoms with Gasteiger partial charge in [-0.2, -0.15) is 0 Å². The molecule has 2 aromatic rings. The van der Waals surface area contributed by atoms with E-state index in [-0.39, 0.29) is 23.7 Å². The van der Waals surface area contributed by atoms with E-state index in [1.54, 1.807) is 6.08 Å². The Kier molecular flexibility index (Phi) is 5.59. The summed E-state index contributed by atoms with van der Waals surface area (Å²) in [7, 11) is 0. The highest BCUT2D eigenvalue weighted by molar-refractivity contribution is 6.03. The summed E-state index contributed by atoms with van der Waals surface area (Å²) in [4.78, 5) is 28.4. The van der Waals surface area contributed by atoms with Crippen LogP contribution in [-0.4, -0.2) is 23.3 Å². The van der Waals surface area contributed by atoms with Gasteiger partial charge in [-0.1, -0.05) is 57.2 Å². The lowest BCUT2D eigenvalue weighted by Gasteiger charge is -2.24. The van der Waals surface area contributed by atoms with Crippen molar-refractivity contribution in [3.05, 3.63) is 70.1 Å². The smallest absolute Gasteiger partial charge is 0.355 e. The highest BCUT2D eigenvalue weighted by atomic mass is 16.5. The molecular formula is C24H29NO3. The van der Waals surface area contributed by atoms with E-state index in [9.17, 15) is 9.59 Å². The summed E-state index contributed by atoms with van der Waals surface area (Å²) in [5, 5.41) is 0. The van der Waals surface area contributed by atoms with Gasteiger partial charge in [-0.3, -0.25) is 4.79 Å². The molecule has 0 saturated carbocycles. The second-order valence-electron chi connectivity index (χ2n) is 8.55. The van der Waals surface area contributed by atoms with Gasteiger partial charge in [0, 0.05) is 17.7 Å². The van der Waals surface area contributed by atoms with Crippen LogP contribution in [0.3, 0.4) is 0 Å². The van der Waals surface area contributed by atoms with E-state index in [2.05, 4.69) is 50.0 Å². The van der Waals surface area contributed by atoms with E-state index in [4.69, 9.17) is 4.74 Å². The number of fused-ring (bicyclic) bond motifs is 1. The van der Waals surface area contributed by atoms with E-state index >= 15 is 0 Å². The summed E-state index contributed by atoms with van der Waals surface area (Å²) in [5.74, 6) is -0.199. The quantitative estimate of drug-likeness (QED) is 0.582. The van der Waals surface area contributed by atoms with Gasteiger partial charge in [-0.15, -0.1) is 0 Å². The molecule has 28 heavy (non-hydrogen) atoms. The predicted molar refractivity (Wildman–Crippen MR) is 111 cm³/mol. The molecule has 3 rings (SSSR count). The Labute approximate surface area is 167 Å². The van der Waals surface area contributed by atoms with Gasteiger partial charge in [0.1, 0.15) is 12.3 Å². The summed E-state index contributed by atoms with van der Waals surface area (Å²) < 4.78 is 5.25. The normalized spacial score (nSPS) is 17.0. The Bertz CT molecular complexity index is 911. The molecule has 0 spiro atoms. The lowest BCUT2D eigenvalue weighted by molar-refractivity contribution is 0.0542. The number of rotatable bonds is 4. The van der Waals surface area contributed by atoms with Crippen LogP contribution < -0.4 is 0 Å². The number of H-pyrrole nitrogens is 1. The number of hydrogen-bond acceptors (Lipinski definition) is 3. The average molecular weight is 380 g/mol. The van der Waals surface area contributed by atoms with Gasteiger partial charge >= 0.3 is 5.97 Å². The molecule has 1 N–H and O–H groups in total. The van der Waals surface area contributed by atoms with Crippen molar-refractivity contribution in [2.75, 3.05) is 6.61 Å². The van der Waals surface area contributed by atoms with Crippen molar-refractivity contribution in [1.29, 1.82) is 0 Å². The summed E-state index contributed by atoms with van der Waals surface area (Å²) in [5.41, 5.74) is 5.15. The van der Waals surface area contributed by atoms with Gasteiger partial charge in [-0.25, -0.2) is 4.79 Å². The number of hydrogen-bond donors (Lipinski definition) is 1. The maximum atomic E-state index is 12.8. The molecule has 0 aliphatic heterocycles. The number of Topliss-reactive ketones (excluding diaryl/α,β-unsaturated/α-hetero) is 1. The predicted octanol–water partition coefficient (Wildman–Crippen LogP) is 5.27. The number of esters is 1. The van der Waals surface area contributed by atoms with Crippen LogP contribution in [-0.2, 0) is 16.6 Å². The summed E-state index contributed by atoms with van der Waals surface area (Å²) in [6.45, 7) is 10.5. The van der Waals surface area contributed by atoms with Crippen LogP contribution in [0.25, 0.3) is 0 Å². The Hall–Kier alpha value is -2.62. The molecule has 0 saturated heterocycles. The number of aromatic nitrogens is 1. The second-order valence-corrected chi connectivity index (χ2v) is 8.55. The first-order valence-corrected chi connectivity index (χ1v) is 9.85. The zero-order valence-electron chi connectivity index (χ0n) is 17.4. The number of benzene rings is 1. The highest BCUT2D eigenvalue weighted by Gasteiger charge is 2.32. The fraction of sp³-hybridized carbons (Fsp3) is 0.417. The number of carbonyl (C=O) groups is 2. The van der Waals surface area contributed by atoms with Crippen LogP contribution in [0.1, 0.15) is 83.3 Å². The third-order valence-corrected chi connectivity index (χ3v) is 5.49. The largest absolute Gasteiger partial charge is 0.457 e. The van der Waals surface area contributed by atoms with Crippen molar-refractivity contribution in [3.63, 3.8) is 0 Å². The van der Waals surface area contributed by atoms with Crippen LogP contribution in [0.15, 0.2) is 36.4 Å². The van der Waals surface area contributed by atoms with Crippen LogP contribution >= 0.6 is 0 Å². The van der Waals surface area contributed by atoms with Gasteiger partial charge in [0.25, 0.3) is 0 Å². The third-order valence-electron chi connectivity index (χ3n) is 5.49. The molecule has 1 aliphatic rings. The number of aromatic amines is 1. The molecule has 1 atom stereocenters. The fourth-order valence-electron chi connectivity index (χ4n) is 3.82. The molecule has 4 heteroatoms. The van der Waals surface area contributed by atoms with Gasteiger partial charge in [-0.05, 0) is 48.3 Å². The lowest BCUT2D eigenvalue weighted by Crippen LogP contribution is -2.19. The minimum atomic E-state index is -0.413. The molecule has 0 radical (unpaired) electrons.